The largest absolute Gasteiger partial charge is 0.372 e. The van der Waals surface area contributed by atoms with Gasteiger partial charge in [-0.05, 0) is 0 Å². The molecule has 0 atom stereocenters. The van der Waals surface area contributed by atoms with Crippen LogP contribution in [0, 0.1) is 23.7 Å². The molecule has 0 unspecified atom stereocenters. The van der Waals surface area contributed by atoms with Crippen LogP contribution < -0.4 is 0 Å². The highest BCUT2D eigenvalue weighted by Crippen LogP contribution is 2.28. The molecule has 1 rings (SSSR count). The molecule has 0 heterocycles. The zero-order chi connectivity index (χ0) is 15.1. The third-order valence-corrected chi connectivity index (χ3v) is 2.87. The summed E-state index contributed by atoms with van der Waals surface area (Å²) < 4.78 is 9.45. The lowest BCUT2D eigenvalue weighted by atomic mass is 9.97. The predicted octanol–water partition coefficient (Wildman–Crippen LogP) is 1.42. The molecule has 104 valence electrons. The van der Waals surface area contributed by atoms with E-state index < -0.39 is 11.6 Å². The van der Waals surface area contributed by atoms with Gasteiger partial charge in [-0.3, -0.25) is 9.59 Å². The Balaban J connectivity index is 3.16. The van der Waals surface area contributed by atoms with E-state index in [2.05, 4.69) is 23.7 Å². The van der Waals surface area contributed by atoms with Crippen LogP contribution in [0.25, 0.3) is 0 Å². The van der Waals surface area contributed by atoms with E-state index in [-0.39, 0.29) is 34.4 Å². The summed E-state index contributed by atoms with van der Waals surface area (Å²) in [6.07, 6.45) is 0. The summed E-state index contributed by atoms with van der Waals surface area (Å²) in [5, 5.41) is -0.575. The quantitative estimate of drug-likeness (QED) is 0.571. The van der Waals surface area contributed by atoms with Crippen LogP contribution in [0.4, 0.5) is 0 Å². The van der Waals surface area contributed by atoms with E-state index in [1.165, 1.54) is 14.2 Å². The summed E-state index contributed by atoms with van der Waals surface area (Å²) in [7, 11) is 2.91. The van der Waals surface area contributed by atoms with E-state index in [9.17, 15) is 9.59 Å². The average Bonchev–Trinajstić information content (AvgIpc) is 2.44. The molecule has 20 heavy (non-hydrogen) atoms. The Morgan fingerprint density at radius 1 is 0.850 bits per heavy atom. The molecule has 0 bridgehead atoms. The zero-order valence-electron chi connectivity index (χ0n) is 10.8. The second kappa shape index (κ2) is 7.89. The molecule has 0 aromatic rings. The first-order valence-electron chi connectivity index (χ1n) is 5.39. The molecule has 0 fully saturated rings. The van der Waals surface area contributed by atoms with Crippen LogP contribution in [-0.2, 0) is 19.1 Å². The van der Waals surface area contributed by atoms with Crippen molar-refractivity contribution in [2.24, 2.45) is 0 Å². The Bertz CT molecular complexity index is 565. The second-order valence-corrected chi connectivity index (χ2v) is 4.26. The number of allylic oxidation sites excluding steroid dienone is 4. The van der Waals surface area contributed by atoms with Gasteiger partial charge in [-0.15, -0.1) is 0 Å². The highest BCUT2D eigenvalue weighted by Gasteiger charge is 2.31. The average molecular weight is 313 g/mol. The summed E-state index contributed by atoms with van der Waals surface area (Å²) in [5.74, 6) is 8.81. The van der Waals surface area contributed by atoms with Crippen LogP contribution in [0.3, 0.4) is 0 Å². The molecule has 1 aliphatic carbocycles. The van der Waals surface area contributed by atoms with Gasteiger partial charge in [0.2, 0.25) is 11.6 Å². The Kier molecular flexibility index (Phi) is 6.51. The number of hydrogen-bond acceptors (Lipinski definition) is 4. The van der Waals surface area contributed by atoms with Crippen LogP contribution in [0.15, 0.2) is 21.2 Å². The molecule has 0 aromatic carbocycles. The number of carbonyl (C=O) groups excluding carboxylic acids is 2. The molecule has 0 spiro atoms. The Labute approximate surface area is 126 Å². The first-order chi connectivity index (χ1) is 9.54. The van der Waals surface area contributed by atoms with Crippen molar-refractivity contribution in [1.82, 2.24) is 0 Å². The van der Waals surface area contributed by atoms with Gasteiger partial charge in [0.05, 0.1) is 11.1 Å². The standard InChI is InChI=1S/C14H10Cl2O4/c1-19-7-3-5-9-11(15)14(18)10(6-4-8-20-2)12(16)13(9)17/h7-8H2,1-2H3. The Hall–Kier alpha value is -1.56. The maximum absolute atomic E-state index is 12.0. The van der Waals surface area contributed by atoms with Crippen molar-refractivity contribution in [1.29, 1.82) is 0 Å². The van der Waals surface area contributed by atoms with Crippen LogP contribution >= 0.6 is 23.2 Å². The minimum absolute atomic E-state index is 0.108. The summed E-state index contributed by atoms with van der Waals surface area (Å²) >= 11 is 11.7. The summed E-state index contributed by atoms with van der Waals surface area (Å²) in [6.45, 7) is 0.216. The number of hydrogen-bond donors (Lipinski definition) is 0. The maximum atomic E-state index is 12.0. The first-order valence-corrected chi connectivity index (χ1v) is 6.14. The summed E-state index contributed by atoms with van der Waals surface area (Å²) in [5.41, 5.74) is -0.285. The van der Waals surface area contributed by atoms with Crippen molar-refractivity contribution in [3.05, 3.63) is 21.2 Å². The summed E-state index contributed by atoms with van der Waals surface area (Å²) in [4.78, 5) is 24.0. The van der Waals surface area contributed by atoms with Crippen LogP contribution in [0.5, 0.6) is 0 Å². The lowest BCUT2D eigenvalue weighted by Gasteiger charge is -2.11. The van der Waals surface area contributed by atoms with E-state index in [0.29, 0.717) is 0 Å². The lowest BCUT2D eigenvalue weighted by molar-refractivity contribution is -0.115. The van der Waals surface area contributed by atoms with Crippen molar-refractivity contribution in [3.63, 3.8) is 0 Å². The Morgan fingerprint density at radius 2 is 1.20 bits per heavy atom. The molecule has 0 N–H and O–H groups in total. The fraction of sp³-hybridized carbons (Fsp3) is 0.286. The van der Waals surface area contributed by atoms with E-state index >= 15 is 0 Å². The van der Waals surface area contributed by atoms with Gasteiger partial charge < -0.3 is 9.47 Å². The number of carbonyl (C=O) groups is 2. The van der Waals surface area contributed by atoms with Crippen LogP contribution in [0.1, 0.15) is 0 Å². The minimum atomic E-state index is -0.624. The smallest absolute Gasteiger partial charge is 0.215 e. The molecule has 0 saturated carbocycles. The molecular weight excluding hydrogens is 303 g/mol. The number of halogens is 2. The fourth-order valence-corrected chi connectivity index (χ4v) is 1.72. The molecule has 6 heteroatoms. The molecule has 4 nitrogen and oxygen atoms in total. The van der Waals surface area contributed by atoms with Gasteiger partial charge in [-0.2, -0.15) is 0 Å². The highest BCUT2D eigenvalue weighted by molar-refractivity contribution is 6.57. The third kappa shape index (κ3) is 3.72. The van der Waals surface area contributed by atoms with Gasteiger partial charge in [-0.25, -0.2) is 0 Å². The molecule has 0 aromatic heterocycles. The maximum Gasteiger partial charge on any atom is 0.215 e. The highest BCUT2D eigenvalue weighted by atomic mass is 35.5. The minimum Gasteiger partial charge on any atom is -0.372 e. The van der Waals surface area contributed by atoms with Crippen LogP contribution in [0.2, 0.25) is 0 Å². The SMILES string of the molecule is COCC#CC1=C(Cl)C(=O)C(C#CCOC)=C(Cl)C1=O. The van der Waals surface area contributed by atoms with Gasteiger partial charge in [-0.1, -0.05) is 46.9 Å². The van der Waals surface area contributed by atoms with E-state index in [0.717, 1.165) is 0 Å². The molecule has 0 aliphatic heterocycles. The first kappa shape index (κ1) is 16.5. The lowest BCUT2D eigenvalue weighted by Crippen LogP contribution is -2.19. The normalized spacial score (nSPS) is 14.8. The predicted molar refractivity (Wildman–Crippen MR) is 75.1 cm³/mol. The van der Waals surface area contributed by atoms with Gasteiger partial charge in [0, 0.05) is 14.2 Å². The number of ketones is 2. The van der Waals surface area contributed by atoms with Crippen LogP contribution in [-0.4, -0.2) is 39.0 Å². The fourth-order valence-electron chi connectivity index (χ4n) is 1.26. The number of Topliss-reactive ketones (excluding diaryl/α,β-unsaturated/α-hetero) is 2. The zero-order valence-corrected chi connectivity index (χ0v) is 12.3. The van der Waals surface area contributed by atoms with Gasteiger partial charge in [0.25, 0.3) is 0 Å². The van der Waals surface area contributed by atoms with Gasteiger partial charge in [0.1, 0.15) is 23.3 Å². The topological polar surface area (TPSA) is 52.6 Å². The number of rotatable bonds is 2. The van der Waals surface area contributed by atoms with E-state index in [1.54, 1.807) is 0 Å². The third-order valence-electron chi connectivity index (χ3n) is 2.15. The second-order valence-electron chi connectivity index (χ2n) is 3.51. The van der Waals surface area contributed by atoms with Crippen molar-refractivity contribution in [2.45, 2.75) is 0 Å². The number of ether oxygens (including phenoxy) is 2. The van der Waals surface area contributed by atoms with Crippen molar-refractivity contribution in [2.75, 3.05) is 27.4 Å². The monoisotopic (exact) mass is 312 g/mol. The van der Waals surface area contributed by atoms with Gasteiger partial charge >= 0.3 is 0 Å². The van der Waals surface area contributed by atoms with Crippen molar-refractivity contribution in [3.8, 4) is 23.7 Å². The van der Waals surface area contributed by atoms with E-state index in [1.807, 2.05) is 0 Å². The van der Waals surface area contributed by atoms with Crippen molar-refractivity contribution < 1.29 is 19.1 Å². The van der Waals surface area contributed by atoms with E-state index in [4.69, 9.17) is 32.7 Å². The molecule has 0 radical (unpaired) electrons. The summed E-state index contributed by atoms with van der Waals surface area (Å²) in [6, 6.07) is 0. The molecule has 0 amide bonds. The Morgan fingerprint density at radius 3 is 1.50 bits per heavy atom. The molecular formula is C14H10Cl2O4. The molecule has 0 saturated heterocycles. The number of methoxy groups -OCH3 is 2. The van der Waals surface area contributed by atoms with Gasteiger partial charge in [0.15, 0.2) is 0 Å². The van der Waals surface area contributed by atoms with Crippen molar-refractivity contribution >= 4 is 34.8 Å². The molecule has 1 aliphatic rings.